The number of carbonyl (C=O) groups excluding carboxylic acids is 1. The third-order valence-electron chi connectivity index (χ3n) is 4.55. The Kier molecular flexibility index (Phi) is 8.75. The molecule has 1 amide bonds. The molecular formula is C19H28ClN7O4. The molecule has 3 unspecified atom stereocenters. The first-order valence-electron chi connectivity index (χ1n) is 9.75. The van der Waals surface area contributed by atoms with Gasteiger partial charge < -0.3 is 31.3 Å². The Morgan fingerprint density at radius 1 is 1.45 bits per heavy atom. The van der Waals surface area contributed by atoms with E-state index in [2.05, 4.69) is 4.99 Å². The normalized spacial score (nSPS) is 19.6. The van der Waals surface area contributed by atoms with Crippen LogP contribution in [-0.4, -0.2) is 76.1 Å². The number of alkyl halides is 1. The number of rotatable bonds is 9. The van der Waals surface area contributed by atoms with Crippen LogP contribution in [0.3, 0.4) is 0 Å². The molecule has 1 aromatic carbocycles. The summed E-state index contributed by atoms with van der Waals surface area (Å²) in [7, 11) is 0. The second kappa shape index (κ2) is 11.0. The Bertz CT molecular complexity index is 850. The number of para-hydroxylation sites is 2. The minimum absolute atomic E-state index is 0.149. The lowest BCUT2D eigenvalue weighted by Gasteiger charge is -2.40. The van der Waals surface area contributed by atoms with Gasteiger partial charge in [0.05, 0.1) is 12.3 Å². The van der Waals surface area contributed by atoms with Crippen LogP contribution in [0.5, 0.6) is 5.75 Å². The molecule has 0 spiro atoms. The highest BCUT2D eigenvalue weighted by atomic mass is 35.5. The van der Waals surface area contributed by atoms with E-state index in [1.807, 2.05) is 6.92 Å². The summed E-state index contributed by atoms with van der Waals surface area (Å²) in [4.78, 5) is 18.2. The first-order chi connectivity index (χ1) is 14.7. The Morgan fingerprint density at radius 2 is 2.13 bits per heavy atom. The quantitative estimate of drug-likeness (QED) is 0.132. The molecule has 170 valence electrons. The van der Waals surface area contributed by atoms with Crippen LogP contribution in [0.25, 0.3) is 0 Å². The van der Waals surface area contributed by atoms with Crippen molar-refractivity contribution in [2.45, 2.75) is 37.5 Å². The van der Waals surface area contributed by atoms with Gasteiger partial charge in [0.15, 0.2) is 17.0 Å². The lowest BCUT2D eigenvalue weighted by Crippen LogP contribution is -2.63. The van der Waals surface area contributed by atoms with Crippen molar-refractivity contribution in [2.24, 2.45) is 16.5 Å². The van der Waals surface area contributed by atoms with Gasteiger partial charge in [0.1, 0.15) is 24.6 Å². The van der Waals surface area contributed by atoms with Crippen molar-refractivity contribution in [3.63, 3.8) is 0 Å². The van der Waals surface area contributed by atoms with Gasteiger partial charge in [-0.3, -0.25) is 25.5 Å². The fourth-order valence-corrected chi connectivity index (χ4v) is 3.11. The molecule has 12 heteroatoms. The number of hydrogen-bond donors (Lipinski definition) is 6. The van der Waals surface area contributed by atoms with E-state index in [4.69, 9.17) is 43.7 Å². The molecular weight excluding hydrogens is 426 g/mol. The third kappa shape index (κ3) is 5.70. The van der Waals surface area contributed by atoms with E-state index >= 15 is 0 Å². The first-order valence-corrected chi connectivity index (χ1v) is 10.2. The maximum Gasteiger partial charge on any atom is 0.270 e. The van der Waals surface area contributed by atoms with Crippen molar-refractivity contribution < 1.29 is 19.7 Å². The van der Waals surface area contributed by atoms with Crippen molar-refractivity contribution >= 4 is 40.7 Å². The van der Waals surface area contributed by atoms with Gasteiger partial charge in [0.25, 0.3) is 5.91 Å². The van der Waals surface area contributed by atoms with Gasteiger partial charge in [-0.15, -0.1) is 0 Å². The van der Waals surface area contributed by atoms with E-state index < -0.39 is 36.1 Å². The molecule has 1 aliphatic rings. The largest absolute Gasteiger partial charge is 0.489 e. The van der Waals surface area contributed by atoms with Gasteiger partial charge in [0.2, 0.25) is 5.96 Å². The van der Waals surface area contributed by atoms with Crippen molar-refractivity contribution in [3.8, 4) is 5.75 Å². The average Bonchev–Trinajstić information content (AvgIpc) is 2.75. The summed E-state index contributed by atoms with van der Waals surface area (Å²) in [5, 5.41) is 35.8. The fraction of sp³-hybridized carbons (Fsp3) is 0.474. The Balaban J connectivity index is 2.43. The van der Waals surface area contributed by atoms with Crippen LogP contribution in [0.15, 0.2) is 29.3 Å². The zero-order valence-electron chi connectivity index (χ0n) is 17.2. The number of nitrogens with one attached hydrogen (secondary N) is 2. The van der Waals surface area contributed by atoms with E-state index in [0.717, 1.165) is 11.3 Å². The molecule has 31 heavy (non-hydrogen) atoms. The minimum Gasteiger partial charge on any atom is -0.489 e. The van der Waals surface area contributed by atoms with Crippen LogP contribution in [0.1, 0.15) is 19.8 Å². The number of amidine groups is 1. The maximum atomic E-state index is 11.7. The van der Waals surface area contributed by atoms with Crippen molar-refractivity contribution in [1.29, 1.82) is 10.8 Å². The summed E-state index contributed by atoms with van der Waals surface area (Å²) in [6.45, 7) is 1.77. The van der Waals surface area contributed by atoms with Crippen molar-refractivity contribution in [2.75, 3.05) is 24.7 Å². The third-order valence-corrected chi connectivity index (χ3v) is 4.90. The van der Waals surface area contributed by atoms with Crippen LogP contribution in [0.4, 0.5) is 5.69 Å². The molecule has 0 aliphatic carbocycles. The predicted molar refractivity (Wildman–Crippen MR) is 119 cm³/mol. The Labute approximate surface area is 185 Å². The monoisotopic (exact) mass is 453 g/mol. The number of carbonyl (C=O) groups is 1. The van der Waals surface area contributed by atoms with E-state index in [0.29, 0.717) is 24.4 Å². The minimum atomic E-state index is -1.09. The summed E-state index contributed by atoms with van der Waals surface area (Å²) in [6.07, 6.45) is -0.608. The highest BCUT2D eigenvalue weighted by molar-refractivity contribution is 6.67. The van der Waals surface area contributed by atoms with Gasteiger partial charge in [-0.25, -0.2) is 0 Å². The van der Waals surface area contributed by atoms with Gasteiger partial charge in [-0.05, 0) is 18.6 Å². The standard InChI is InChI=1S/C19H28ClN7O4/c1-2-3-8-26(12-6-4-5-7-13(12)31-10-11(29)9-28)19(24)27-16(21)14(18(23)30)25-15(20)17(27)22/h4-7,11,15,17,21,24,28-29H,2-3,8-10,22H2,1H3,(H2,23,30). The van der Waals surface area contributed by atoms with E-state index in [1.165, 1.54) is 0 Å². The number of primary amides is 1. The molecule has 1 aliphatic heterocycles. The molecule has 0 fully saturated rings. The topological polar surface area (TPSA) is 185 Å². The number of ether oxygens (including phenoxy) is 1. The molecule has 2 rings (SSSR count). The van der Waals surface area contributed by atoms with E-state index in [9.17, 15) is 9.90 Å². The molecule has 1 heterocycles. The molecule has 8 N–H and O–H groups in total. The molecule has 11 nitrogen and oxygen atoms in total. The fourth-order valence-electron chi connectivity index (χ4n) is 2.90. The number of nitrogens with zero attached hydrogens (tertiary/aromatic N) is 3. The number of amides is 1. The summed E-state index contributed by atoms with van der Waals surface area (Å²) in [5.74, 6) is -1.21. The highest BCUT2D eigenvalue weighted by Gasteiger charge is 2.39. The summed E-state index contributed by atoms with van der Waals surface area (Å²) < 4.78 is 5.65. The number of unbranched alkanes of at least 4 members (excludes halogenated alkanes) is 1. The Morgan fingerprint density at radius 3 is 2.74 bits per heavy atom. The number of halogens is 1. The second-order valence-electron chi connectivity index (χ2n) is 6.87. The van der Waals surface area contributed by atoms with E-state index in [-0.39, 0.29) is 18.3 Å². The molecule has 0 saturated heterocycles. The molecule has 0 aromatic heterocycles. The van der Waals surface area contributed by atoms with Gasteiger partial charge in [-0.1, -0.05) is 37.1 Å². The van der Waals surface area contributed by atoms with Crippen LogP contribution < -0.4 is 21.1 Å². The highest BCUT2D eigenvalue weighted by Crippen LogP contribution is 2.30. The molecule has 0 saturated carbocycles. The van der Waals surface area contributed by atoms with Crippen LogP contribution in [0, 0.1) is 10.8 Å². The lowest BCUT2D eigenvalue weighted by atomic mass is 10.2. The number of aliphatic hydroxyl groups excluding tert-OH is 2. The van der Waals surface area contributed by atoms with Crippen LogP contribution >= 0.6 is 11.6 Å². The lowest BCUT2D eigenvalue weighted by molar-refractivity contribution is -0.111. The van der Waals surface area contributed by atoms with Gasteiger partial charge in [0, 0.05) is 6.54 Å². The molecule has 0 radical (unpaired) electrons. The number of guanidine groups is 1. The van der Waals surface area contributed by atoms with Crippen molar-refractivity contribution in [1.82, 2.24) is 4.90 Å². The number of benzene rings is 1. The smallest absolute Gasteiger partial charge is 0.270 e. The number of anilines is 1. The second-order valence-corrected chi connectivity index (χ2v) is 7.31. The summed E-state index contributed by atoms with van der Waals surface area (Å²) in [5.41, 5.74) is 10.5. The van der Waals surface area contributed by atoms with Crippen LogP contribution in [-0.2, 0) is 4.79 Å². The molecule has 1 aromatic rings. The zero-order valence-corrected chi connectivity index (χ0v) is 17.9. The zero-order chi connectivity index (χ0) is 23.1. The maximum absolute atomic E-state index is 11.7. The SMILES string of the molecule is CCCCN(C(=N)N1C(=N)C(C(N)=O)=NC(Cl)C1N)c1ccccc1OCC(O)CO. The number of hydrogen-bond acceptors (Lipinski definition) is 8. The summed E-state index contributed by atoms with van der Waals surface area (Å²) >= 11 is 6.15. The summed E-state index contributed by atoms with van der Waals surface area (Å²) in [6, 6.07) is 6.85. The molecule has 3 atom stereocenters. The number of aliphatic imine (C=N–C) groups is 1. The number of aliphatic hydroxyl groups is 2. The molecule has 0 bridgehead atoms. The predicted octanol–water partition coefficient (Wildman–Crippen LogP) is 0.0287. The first kappa shape index (κ1) is 24.5. The van der Waals surface area contributed by atoms with Crippen LogP contribution in [0.2, 0.25) is 0 Å². The van der Waals surface area contributed by atoms with Gasteiger partial charge in [-0.2, -0.15) is 0 Å². The average molecular weight is 454 g/mol. The van der Waals surface area contributed by atoms with Crippen molar-refractivity contribution in [3.05, 3.63) is 24.3 Å². The van der Waals surface area contributed by atoms with Gasteiger partial charge >= 0.3 is 0 Å². The Hall–Kier alpha value is -2.73. The number of nitrogens with two attached hydrogens (primary N) is 2. The van der Waals surface area contributed by atoms with E-state index in [1.54, 1.807) is 29.2 Å².